The highest BCUT2D eigenvalue weighted by Gasteiger charge is 2.40. The summed E-state index contributed by atoms with van der Waals surface area (Å²) in [5.41, 5.74) is -0.814. The largest absolute Gasteiger partial charge is 0.387 e. The molecule has 4 aromatic rings. The van der Waals surface area contributed by atoms with E-state index in [2.05, 4.69) is 15.0 Å². The van der Waals surface area contributed by atoms with E-state index in [1.54, 1.807) is 12.1 Å². The summed E-state index contributed by atoms with van der Waals surface area (Å²) in [6.07, 6.45) is 4.00. The maximum atomic E-state index is 14.1. The van der Waals surface area contributed by atoms with Crippen LogP contribution in [-0.2, 0) is 12.1 Å². The second-order valence-electron chi connectivity index (χ2n) is 10.4. The quantitative estimate of drug-likeness (QED) is 0.365. The fraction of sp³-hybridized carbons (Fsp3) is 0.407. The van der Waals surface area contributed by atoms with Crippen LogP contribution in [0, 0.1) is 5.82 Å². The average Bonchev–Trinajstić information content (AvgIpc) is 3.39. The van der Waals surface area contributed by atoms with Crippen molar-refractivity contribution in [2.45, 2.75) is 45.1 Å². The number of benzene rings is 1. The van der Waals surface area contributed by atoms with Crippen LogP contribution in [0.2, 0.25) is 0 Å². The highest BCUT2D eigenvalue weighted by atomic mass is 19.3. The van der Waals surface area contributed by atoms with Crippen LogP contribution in [0.5, 0.6) is 0 Å². The van der Waals surface area contributed by atoms with E-state index in [0.717, 1.165) is 0 Å². The number of aromatic nitrogens is 5. The molecule has 1 aromatic carbocycles. The number of hydrogen-bond donors (Lipinski definition) is 2. The summed E-state index contributed by atoms with van der Waals surface area (Å²) in [4.78, 5) is 18.0. The molecule has 0 spiro atoms. The van der Waals surface area contributed by atoms with Crippen molar-refractivity contribution in [2.24, 2.45) is 0 Å². The van der Waals surface area contributed by atoms with Gasteiger partial charge in [-0.15, -0.1) is 0 Å². The van der Waals surface area contributed by atoms with Gasteiger partial charge in [-0.1, -0.05) is 18.2 Å². The summed E-state index contributed by atoms with van der Waals surface area (Å²) in [6.45, 7) is 4.46. The second kappa shape index (κ2) is 10.2. The molecule has 0 bridgehead atoms. The van der Waals surface area contributed by atoms with E-state index in [1.165, 1.54) is 51.5 Å². The van der Waals surface area contributed by atoms with E-state index in [-0.39, 0.29) is 11.5 Å². The Morgan fingerprint density at radius 1 is 0.974 bits per heavy atom. The lowest BCUT2D eigenvalue weighted by molar-refractivity contribution is -0.127. The number of pyridine rings is 1. The third-order valence-corrected chi connectivity index (χ3v) is 7.32. The van der Waals surface area contributed by atoms with Gasteiger partial charge < -0.3 is 15.1 Å². The molecule has 0 aliphatic carbocycles. The standard InChI is InChI=1S/C27H30F3N7O2/c1-26(2,38)27(3,39)22-12-20-21(14-31-22)34-24(23(33-20)18-13-32-37(16-18)25(29)30)36-10-8-35(9-11-36)15-17-6-4-5-7-19(17)28/h4-7,12-14,16,25,38-39H,8-11,15H2,1-3H3/t27-/m0/s1. The van der Waals surface area contributed by atoms with Gasteiger partial charge in [-0.05, 0) is 32.9 Å². The van der Waals surface area contributed by atoms with Gasteiger partial charge in [0.1, 0.15) is 22.6 Å². The molecule has 39 heavy (non-hydrogen) atoms. The van der Waals surface area contributed by atoms with Crippen LogP contribution in [0.25, 0.3) is 22.3 Å². The molecule has 2 N–H and O–H groups in total. The number of hydrogen-bond acceptors (Lipinski definition) is 8. The van der Waals surface area contributed by atoms with Crippen molar-refractivity contribution in [2.75, 3.05) is 31.1 Å². The Morgan fingerprint density at radius 3 is 2.33 bits per heavy atom. The van der Waals surface area contributed by atoms with Crippen LogP contribution in [0.3, 0.4) is 0 Å². The lowest BCUT2D eigenvalue weighted by Crippen LogP contribution is -2.46. The summed E-state index contributed by atoms with van der Waals surface area (Å²) >= 11 is 0. The SMILES string of the molecule is CC(C)(O)[C@@](C)(O)c1cc2nc(-c3cnn(C(F)F)c3)c(N3CCN(Cc4ccccc4F)CC3)nc2cn1. The number of halogens is 3. The van der Waals surface area contributed by atoms with E-state index in [9.17, 15) is 23.4 Å². The van der Waals surface area contributed by atoms with Gasteiger partial charge in [0, 0.05) is 50.0 Å². The summed E-state index contributed by atoms with van der Waals surface area (Å²) in [5, 5.41) is 25.2. The van der Waals surface area contributed by atoms with E-state index in [4.69, 9.17) is 9.97 Å². The van der Waals surface area contributed by atoms with Crippen molar-refractivity contribution in [1.82, 2.24) is 29.6 Å². The Labute approximate surface area is 223 Å². The van der Waals surface area contributed by atoms with Crippen molar-refractivity contribution in [3.8, 4) is 11.3 Å². The molecule has 0 amide bonds. The molecule has 0 radical (unpaired) electrons. The van der Waals surface area contributed by atoms with Gasteiger partial charge in [-0.3, -0.25) is 9.88 Å². The minimum Gasteiger partial charge on any atom is -0.387 e. The zero-order valence-corrected chi connectivity index (χ0v) is 21.9. The van der Waals surface area contributed by atoms with Crippen LogP contribution < -0.4 is 4.90 Å². The Kier molecular flexibility index (Phi) is 7.04. The first-order valence-electron chi connectivity index (χ1n) is 12.6. The Balaban J connectivity index is 1.50. The third kappa shape index (κ3) is 5.32. The summed E-state index contributed by atoms with van der Waals surface area (Å²) in [6, 6.07) is 8.23. The molecule has 5 rings (SSSR count). The molecule has 1 aliphatic heterocycles. The normalized spacial score (nSPS) is 16.7. The number of nitrogens with zero attached hydrogens (tertiary/aromatic N) is 7. The number of piperazine rings is 1. The molecule has 1 saturated heterocycles. The van der Waals surface area contributed by atoms with Crippen molar-refractivity contribution in [3.63, 3.8) is 0 Å². The lowest BCUT2D eigenvalue weighted by Gasteiger charge is -2.36. The van der Waals surface area contributed by atoms with Gasteiger partial charge in [-0.2, -0.15) is 13.9 Å². The van der Waals surface area contributed by atoms with Gasteiger partial charge in [0.15, 0.2) is 5.82 Å². The van der Waals surface area contributed by atoms with E-state index >= 15 is 0 Å². The molecule has 9 nitrogen and oxygen atoms in total. The third-order valence-electron chi connectivity index (χ3n) is 7.32. The molecule has 0 saturated carbocycles. The van der Waals surface area contributed by atoms with Crippen LogP contribution in [0.15, 0.2) is 48.9 Å². The number of aliphatic hydroxyl groups is 2. The molecular weight excluding hydrogens is 511 g/mol. The molecule has 1 fully saturated rings. The monoisotopic (exact) mass is 541 g/mol. The minimum absolute atomic E-state index is 0.195. The van der Waals surface area contributed by atoms with Crippen LogP contribution in [0.4, 0.5) is 19.0 Å². The van der Waals surface area contributed by atoms with Crippen molar-refractivity contribution >= 4 is 16.9 Å². The molecule has 1 aliphatic rings. The van der Waals surface area contributed by atoms with Crippen LogP contribution in [-0.4, -0.2) is 71.6 Å². The van der Waals surface area contributed by atoms with Gasteiger partial charge in [0.25, 0.3) is 0 Å². The number of fused-ring (bicyclic) bond motifs is 1. The van der Waals surface area contributed by atoms with E-state index in [1.807, 2.05) is 11.0 Å². The molecule has 206 valence electrons. The fourth-order valence-corrected chi connectivity index (χ4v) is 4.50. The Morgan fingerprint density at radius 2 is 1.69 bits per heavy atom. The highest BCUT2D eigenvalue weighted by molar-refractivity contribution is 5.83. The Hall–Kier alpha value is -3.61. The number of alkyl halides is 2. The lowest BCUT2D eigenvalue weighted by atomic mass is 9.84. The first-order chi connectivity index (χ1) is 18.4. The topological polar surface area (TPSA) is 103 Å². The van der Waals surface area contributed by atoms with Crippen molar-refractivity contribution in [3.05, 3.63) is 66.0 Å². The number of rotatable bonds is 7. The van der Waals surface area contributed by atoms with Crippen molar-refractivity contribution in [1.29, 1.82) is 0 Å². The molecule has 4 heterocycles. The molecular formula is C27H30F3N7O2. The van der Waals surface area contributed by atoms with E-state index < -0.39 is 17.8 Å². The van der Waals surface area contributed by atoms with Crippen molar-refractivity contribution < 1.29 is 23.4 Å². The smallest absolute Gasteiger partial charge is 0.333 e. The summed E-state index contributed by atoms with van der Waals surface area (Å²) < 4.78 is 41.3. The minimum atomic E-state index is -2.81. The van der Waals surface area contributed by atoms with Gasteiger partial charge >= 0.3 is 6.55 Å². The Bertz CT molecular complexity index is 1480. The predicted octanol–water partition coefficient (Wildman–Crippen LogP) is 3.72. The van der Waals surface area contributed by atoms with E-state index in [0.29, 0.717) is 71.1 Å². The zero-order valence-electron chi connectivity index (χ0n) is 21.9. The van der Waals surface area contributed by atoms with Gasteiger partial charge in [0.05, 0.1) is 29.2 Å². The average molecular weight is 542 g/mol. The van der Waals surface area contributed by atoms with Crippen LogP contribution >= 0.6 is 0 Å². The molecule has 1 atom stereocenters. The molecule has 3 aromatic heterocycles. The molecule has 0 unspecified atom stereocenters. The zero-order chi connectivity index (χ0) is 27.9. The van der Waals surface area contributed by atoms with Gasteiger partial charge in [-0.25, -0.2) is 19.0 Å². The van der Waals surface area contributed by atoms with Gasteiger partial charge in [0.2, 0.25) is 0 Å². The maximum Gasteiger partial charge on any atom is 0.333 e. The first kappa shape index (κ1) is 27.0. The fourth-order valence-electron chi connectivity index (χ4n) is 4.50. The molecule has 12 heteroatoms. The highest BCUT2D eigenvalue weighted by Crippen LogP contribution is 2.35. The first-order valence-corrected chi connectivity index (χ1v) is 12.6. The van der Waals surface area contributed by atoms with Crippen LogP contribution in [0.1, 0.15) is 38.6 Å². The predicted molar refractivity (Wildman–Crippen MR) is 140 cm³/mol. The maximum absolute atomic E-state index is 14.1. The number of anilines is 1. The summed E-state index contributed by atoms with van der Waals surface area (Å²) in [5.74, 6) is 0.250. The summed E-state index contributed by atoms with van der Waals surface area (Å²) in [7, 11) is 0. The second-order valence-corrected chi connectivity index (χ2v) is 10.4.